The second-order valence-electron chi connectivity index (χ2n) is 4.06. The third kappa shape index (κ3) is 6.47. The first-order valence-electron chi connectivity index (χ1n) is 5.55. The molecule has 1 atom stereocenters. The van der Waals surface area contributed by atoms with E-state index in [0.29, 0.717) is 11.2 Å². The summed E-state index contributed by atoms with van der Waals surface area (Å²) < 4.78 is 72.6. The minimum Gasteiger partial charge on any atom is -0.308 e. The standard InChI is InChI=1S/C11H12F6N2S/c1-7(4-18-6-10(12,13)14)20-9-3-2-8(5-19-9)11(15,16)17/h2-3,5,7,18H,4,6H2,1H3. The van der Waals surface area contributed by atoms with E-state index in [4.69, 9.17) is 0 Å². The van der Waals surface area contributed by atoms with Crippen LogP contribution in [0, 0.1) is 0 Å². The van der Waals surface area contributed by atoms with Crippen LogP contribution >= 0.6 is 11.8 Å². The van der Waals surface area contributed by atoms with E-state index in [1.54, 1.807) is 6.92 Å². The average Bonchev–Trinajstić information content (AvgIpc) is 2.26. The van der Waals surface area contributed by atoms with Crippen molar-refractivity contribution >= 4 is 11.8 Å². The predicted molar refractivity (Wildman–Crippen MR) is 63.5 cm³/mol. The van der Waals surface area contributed by atoms with Gasteiger partial charge in [0, 0.05) is 18.0 Å². The molecule has 1 heterocycles. The number of pyridine rings is 1. The number of hydrogen-bond donors (Lipinski definition) is 1. The fraction of sp³-hybridized carbons (Fsp3) is 0.545. The van der Waals surface area contributed by atoms with Crippen LogP contribution in [-0.4, -0.2) is 29.5 Å². The van der Waals surface area contributed by atoms with Gasteiger partial charge in [-0.2, -0.15) is 26.3 Å². The maximum absolute atomic E-state index is 12.3. The molecule has 9 heteroatoms. The molecule has 1 unspecified atom stereocenters. The second kappa shape index (κ2) is 6.66. The lowest BCUT2D eigenvalue weighted by molar-refractivity contribution is -0.137. The van der Waals surface area contributed by atoms with Crippen molar-refractivity contribution in [1.29, 1.82) is 0 Å². The lowest BCUT2D eigenvalue weighted by atomic mass is 10.3. The van der Waals surface area contributed by atoms with E-state index < -0.39 is 24.5 Å². The Morgan fingerprint density at radius 2 is 1.85 bits per heavy atom. The molecule has 0 aliphatic rings. The van der Waals surface area contributed by atoms with Gasteiger partial charge in [0.2, 0.25) is 0 Å². The van der Waals surface area contributed by atoms with E-state index in [0.717, 1.165) is 17.8 Å². The van der Waals surface area contributed by atoms with Crippen LogP contribution in [0.4, 0.5) is 26.3 Å². The molecule has 0 amide bonds. The Labute approximate surface area is 116 Å². The van der Waals surface area contributed by atoms with Crippen molar-refractivity contribution in [2.75, 3.05) is 13.1 Å². The summed E-state index contributed by atoms with van der Waals surface area (Å²) in [5, 5.41) is 2.31. The molecule has 1 N–H and O–H groups in total. The van der Waals surface area contributed by atoms with Gasteiger partial charge >= 0.3 is 12.4 Å². The summed E-state index contributed by atoms with van der Waals surface area (Å²) in [5.74, 6) is 0. The minimum atomic E-state index is -4.45. The topological polar surface area (TPSA) is 24.9 Å². The number of halogens is 6. The van der Waals surface area contributed by atoms with Crippen molar-refractivity contribution in [3.05, 3.63) is 23.9 Å². The highest BCUT2D eigenvalue weighted by atomic mass is 32.2. The van der Waals surface area contributed by atoms with Crippen molar-refractivity contribution < 1.29 is 26.3 Å². The van der Waals surface area contributed by atoms with E-state index in [9.17, 15) is 26.3 Å². The summed E-state index contributed by atoms with van der Waals surface area (Å²) in [6, 6.07) is 2.10. The first-order chi connectivity index (χ1) is 9.08. The number of alkyl halides is 6. The van der Waals surface area contributed by atoms with Crippen molar-refractivity contribution in [2.45, 2.75) is 29.6 Å². The molecule has 2 nitrogen and oxygen atoms in total. The number of rotatable bonds is 5. The van der Waals surface area contributed by atoms with Crippen LogP contribution in [-0.2, 0) is 6.18 Å². The Bertz CT molecular complexity index is 414. The summed E-state index contributed by atoms with van der Waals surface area (Å²) in [6.45, 7) is 0.638. The summed E-state index contributed by atoms with van der Waals surface area (Å²) in [5.41, 5.74) is -0.857. The van der Waals surface area contributed by atoms with E-state index in [1.807, 2.05) is 0 Å². The second-order valence-corrected chi connectivity index (χ2v) is 5.52. The molecule has 0 fully saturated rings. The van der Waals surface area contributed by atoms with Gasteiger partial charge in [-0.25, -0.2) is 4.98 Å². The smallest absolute Gasteiger partial charge is 0.308 e. The van der Waals surface area contributed by atoms with Crippen LogP contribution in [0.25, 0.3) is 0 Å². The summed E-state index contributed by atoms with van der Waals surface area (Å²) >= 11 is 1.11. The number of thioether (sulfide) groups is 1. The van der Waals surface area contributed by atoms with Crippen molar-refractivity contribution in [3.63, 3.8) is 0 Å². The SMILES string of the molecule is CC(CNCC(F)(F)F)Sc1ccc(C(F)(F)F)cn1. The molecule has 1 aromatic heterocycles. The molecule has 20 heavy (non-hydrogen) atoms. The molecule has 0 radical (unpaired) electrons. The lowest BCUT2D eigenvalue weighted by Gasteiger charge is -2.13. The summed E-state index contributed by atoms with van der Waals surface area (Å²) in [6.07, 6.45) is -8.02. The largest absolute Gasteiger partial charge is 0.417 e. The molecule has 114 valence electrons. The Morgan fingerprint density at radius 3 is 2.30 bits per heavy atom. The zero-order chi connectivity index (χ0) is 15.4. The zero-order valence-electron chi connectivity index (χ0n) is 10.3. The maximum Gasteiger partial charge on any atom is 0.417 e. The van der Waals surface area contributed by atoms with Crippen molar-refractivity contribution in [1.82, 2.24) is 10.3 Å². The molecule has 0 aliphatic carbocycles. The summed E-state index contributed by atoms with van der Waals surface area (Å²) in [4.78, 5) is 3.63. The van der Waals surface area contributed by atoms with E-state index in [2.05, 4.69) is 10.3 Å². The highest BCUT2D eigenvalue weighted by Gasteiger charge is 2.30. The van der Waals surface area contributed by atoms with Crippen molar-refractivity contribution in [2.24, 2.45) is 0 Å². The quantitative estimate of drug-likeness (QED) is 0.661. The third-order valence-electron chi connectivity index (χ3n) is 2.14. The van der Waals surface area contributed by atoms with Crippen LogP contribution in [0.5, 0.6) is 0 Å². The monoisotopic (exact) mass is 318 g/mol. The molecule has 0 saturated carbocycles. The zero-order valence-corrected chi connectivity index (χ0v) is 11.2. The minimum absolute atomic E-state index is 0.0763. The van der Waals surface area contributed by atoms with Crippen LogP contribution in [0.1, 0.15) is 12.5 Å². The molecule has 0 bridgehead atoms. The molecule has 0 saturated heterocycles. The molecule has 1 aromatic rings. The highest BCUT2D eigenvalue weighted by Crippen LogP contribution is 2.30. The molecule has 0 aliphatic heterocycles. The normalized spacial score (nSPS) is 14.3. The van der Waals surface area contributed by atoms with Crippen LogP contribution < -0.4 is 5.32 Å². The first-order valence-corrected chi connectivity index (χ1v) is 6.43. The van der Waals surface area contributed by atoms with Gasteiger partial charge in [-0.15, -0.1) is 11.8 Å². The van der Waals surface area contributed by atoms with E-state index in [-0.39, 0.29) is 11.8 Å². The van der Waals surface area contributed by atoms with Gasteiger partial charge in [0.15, 0.2) is 0 Å². The Kier molecular flexibility index (Phi) is 5.69. The van der Waals surface area contributed by atoms with Crippen LogP contribution in [0.3, 0.4) is 0 Å². The Morgan fingerprint density at radius 1 is 1.20 bits per heavy atom. The van der Waals surface area contributed by atoms with Gasteiger partial charge < -0.3 is 5.32 Å². The van der Waals surface area contributed by atoms with Crippen LogP contribution in [0.15, 0.2) is 23.4 Å². The fourth-order valence-electron chi connectivity index (χ4n) is 1.28. The maximum atomic E-state index is 12.3. The average molecular weight is 318 g/mol. The first kappa shape index (κ1) is 17.1. The van der Waals surface area contributed by atoms with Gasteiger partial charge in [-0.3, -0.25) is 0 Å². The molecular weight excluding hydrogens is 306 g/mol. The highest BCUT2D eigenvalue weighted by molar-refractivity contribution is 7.99. The van der Waals surface area contributed by atoms with Gasteiger partial charge in [0.05, 0.1) is 17.1 Å². The van der Waals surface area contributed by atoms with E-state index in [1.165, 1.54) is 6.07 Å². The van der Waals surface area contributed by atoms with Crippen molar-refractivity contribution in [3.8, 4) is 0 Å². The van der Waals surface area contributed by atoms with Gasteiger partial charge in [0.1, 0.15) is 0 Å². The third-order valence-corrected chi connectivity index (χ3v) is 3.19. The van der Waals surface area contributed by atoms with Gasteiger partial charge in [0.25, 0.3) is 0 Å². The molecule has 1 rings (SSSR count). The Hall–Kier alpha value is -0.960. The Balaban J connectivity index is 2.44. The number of nitrogens with one attached hydrogen (secondary N) is 1. The van der Waals surface area contributed by atoms with Gasteiger partial charge in [-0.1, -0.05) is 6.92 Å². The number of aromatic nitrogens is 1. The van der Waals surface area contributed by atoms with Gasteiger partial charge in [-0.05, 0) is 12.1 Å². The number of nitrogens with zero attached hydrogens (tertiary/aromatic N) is 1. The predicted octanol–water partition coefficient (Wildman–Crippen LogP) is 3.73. The number of hydrogen-bond acceptors (Lipinski definition) is 3. The van der Waals surface area contributed by atoms with E-state index >= 15 is 0 Å². The lowest BCUT2D eigenvalue weighted by Crippen LogP contribution is -2.32. The fourth-order valence-corrected chi connectivity index (χ4v) is 2.16. The summed E-state index contributed by atoms with van der Waals surface area (Å²) in [7, 11) is 0. The van der Waals surface area contributed by atoms with Crippen LogP contribution in [0.2, 0.25) is 0 Å². The molecule has 0 aromatic carbocycles. The molecule has 0 spiro atoms. The molecular formula is C11H12F6N2S.